The second-order valence-electron chi connectivity index (χ2n) is 6.00. The van der Waals surface area contributed by atoms with Gasteiger partial charge in [-0.2, -0.15) is 4.98 Å². The average molecular weight is 423 g/mol. The van der Waals surface area contributed by atoms with Gasteiger partial charge in [-0.25, -0.2) is 0 Å². The number of carbonyl (C=O) groups is 2. The summed E-state index contributed by atoms with van der Waals surface area (Å²) in [6.07, 6.45) is 1.41. The van der Waals surface area contributed by atoms with Crippen LogP contribution in [0.3, 0.4) is 0 Å². The molecule has 1 atom stereocenters. The lowest BCUT2D eigenvalue weighted by Crippen LogP contribution is -2.40. The van der Waals surface area contributed by atoms with Crippen LogP contribution in [0.25, 0.3) is 0 Å². The molecule has 1 aliphatic carbocycles. The molecule has 9 heteroatoms. The van der Waals surface area contributed by atoms with E-state index >= 15 is 0 Å². The minimum atomic E-state index is -0.656. The highest BCUT2D eigenvalue weighted by Crippen LogP contribution is 2.38. The highest BCUT2D eigenvalue weighted by molar-refractivity contribution is 9.10. The summed E-state index contributed by atoms with van der Waals surface area (Å²) in [5.41, 5.74) is 0. The minimum absolute atomic E-state index is 0.0513. The van der Waals surface area contributed by atoms with Crippen molar-refractivity contribution in [2.75, 3.05) is 13.1 Å². The molecule has 8 nitrogen and oxygen atoms in total. The van der Waals surface area contributed by atoms with E-state index in [0.29, 0.717) is 17.5 Å². The van der Waals surface area contributed by atoms with Gasteiger partial charge >= 0.3 is 11.8 Å². The molecule has 1 aromatic carbocycles. The Morgan fingerprint density at radius 2 is 2.12 bits per heavy atom. The van der Waals surface area contributed by atoms with Crippen LogP contribution in [0.2, 0.25) is 0 Å². The van der Waals surface area contributed by atoms with Crippen LogP contribution < -0.4 is 15.4 Å². The van der Waals surface area contributed by atoms with E-state index in [1.165, 1.54) is 0 Å². The second kappa shape index (κ2) is 8.31. The summed E-state index contributed by atoms with van der Waals surface area (Å²) in [7, 11) is 0. The van der Waals surface area contributed by atoms with Crippen LogP contribution in [-0.2, 0) is 4.79 Å². The number of amides is 2. The first-order chi connectivity index (χ1) is 12.5. The lowest BCUT2D eigenvalue weighted by atomic mass is 10.3. The minimum Gasteiger partial charge on any atom is -0.481 e. The van der Waals surface area contributed by atoms with Crippen molar-refractivity contribution in [3.05, 3.63) is 40.5 Å². The van der Waals surface area contributed by atoms with Crippen LogP contribution in [0.4, 0.5) is 0 Å². The average Bonchev–Trinajstić information content (AvgIpc) is 3.35. The Labute approximate surface area is 158 Å². The molecule has 1 fully saturated rings. The Morgan fingerprint density at radius 1 is 1.35 bits per heavy atom. The van der Waals surface area contributed by atoms with Crippen molar-refractivity contribution < 1.29 is 18.8 Å². The molecule has 0 aliphatic heterocycles. The fourth-order valence-corrected chi connectivity index (χ4v) is 2.59. The fourth-order valence-electron chi connectivity index (χ4n) is 2.21. The number of hydrogen-bond donors (Lipinski definition) is 2. The van der Waals surface area contributed by atoms with Crippen molar-refractivity contribution in [1.29, 1.82) is 0 Å². The molecule has 2 amide bonds. The quantitative estimate of drug-likeness (QED) is 0.630. The van der Waals surface area contributed by atoms with Crippen molar-refractivity contribution in [2.45, 2.75) is 31.8 Å². The zero-order chi connectivity index (χ0) is 18.5. The van der Waals surface area contributed by atoms with Gasteiger partial charge in [0.15, 0.2) is 11.9 Å². The summed E-state index contributed by atoms with van der Waals surface area (Å²) in [4.78, 5) is 28.0. The number of nitrogens with zero attached hydrogens (tertiary/aromatic N) is 2. The summed E-state index contributed by atoms with van der Waals surface area (Å²) in [5, 5.41) is 9.12. The van der Waals surface area contributed by atoms with Gasteiger partial charge in [-0.1, -0.05) is 27.2 Å². The molecular weight excluding hydrogens is 404 g/mol. The van der Waals surface area contributed by atoms with Crippen LogP contribution in [0.1, 0.15) is 42.2 Å². The SMILES string of the molecule is CC(Oc1cccc(Br)c1)C(=O)NCCNC(=O)c1nc(C2CC2)no1. The number of halogens is 1. The molecule has 1 heterocycles. The van der Waals surface area contributed by atoms with Crippen LogP contribution in [0, 0.1) is 0 Å². The maximum absolute atomic E-state index is 12.0. The zero-order valence-electron chi connectivity index (χ0n) is 14.2. The lowest BCUT2D eigenvalue weighted by Gasteiger charge is -2.15. The Kier molecular flexibility index (Phi) is 5.87. The standard InChI is InChI=1S/C17H19BrN4O4/c1-10(25-13-4-2-3-12(18)9-13)15(23)19-7-8-20-16(24)17-21-14(22-26-17)11-5-6-11/h2-4,9-11H,5-8H2,1H3,(H,19,23)(H,20,24). The second-order valence-corrected chi connectivity index (χ2v) is 6.91. The molecule has 138 valence electrons. The van der Waals surface area contributed by atoms with E-state index < -0.39 is 12.0 Å². The van der Waals surface area contributed by atoms with Gasteiger partial charge in [0.05, 0.1) is 0 Å². The van der Waals surface area contributed by atoms with E-state index in [0.717, 1.165) is 17.3 Å². The molecule has 0 saturated heterocycles. The normalized spacial score (nSPS) is 14.5. The van der Waals surface area contributed by atoms with Crippen molar-refractivity contribution in [3.8, 4) is 5.75 Å². The van der Waals surface area contributed by atoms with Gasteiger partial charge in [0.25, 0.3) is 5.91 Å². The van der Waals surface area contributed by atoms with Crippen LogP contribution >= 0.6 is 15.9 Å². The summed E-state index contributed by atoms with van der Waals surface area (Å²) >= 11 is 3.35. The molecule has 3 rings (SSSR count). The van der Waals surface area contributed by atoms with Gasteiger partial charge < -0.3 is 19.9 Å². The first-order valence-electron chi connectivity index (χ1n) is 8.34. The van der Waals surface area contributed by atoms with Gasteiger partial charge in [-0.15, -0.1) is 0 Å². The smallest absolute Gasteiger partial charge is 0.315 e. The molecule has 26 heavy (non-hydrogen) atoms. The molecule has 0 spiro atoms. The Balaban J connectivity index is 1.36. The molecule has 1 aliphatic rings. The number of hydrogen-bond acceptors (Lipinski definition) is 6. The van der Waals surface area contributed by atoms with Gasteiger partial charge in [-0.05, 0) is 38.0 Å². The molecule has 1 saturated carbocycles. The summed E-state index contributed by atoms with van der Waals surface area (Å²) in [6, 6.07) is 7.25. The monoisotopic (exact) mass is 422 g/mol. The molecule has 2 N–H and O–H groups in total. The first kappa shape index (κ1) is 18.4. The maximum atomic E-state index is 12.0. The van der Waals surface area contributed by atoms with Gasteiger partial charge in [0.1, 0.15) is 5.75 Å². The predicted molar refractivity (Wildman–Crippen MR) is 95.8 cm³/mol. The van der Waals surface area contributed by atoms with E-state index in [1.807, 2.05) is 12.1 Å². The molecule has 2 aromatic rings. The van der Waals surface area contributed by atoms with E-state index in [2.05, 4.69) is 36.7 Å². The third-order valence-corrected chi connectivity index (χ3v) is 4.26. The number of carbonyl (C=O) groups excluding carboxylic acids is 2. The van der Waals surface area contributed by atoms with Gasteiger partial charge in [0.2, 0.25) is 0 Å². The van der Waals surface area contributed by atoms with Crippen molar-refractivity contribution in [3.63, 3.8) is 0 Å². The number of nitrogens with one attached hydrogen (secondary N) is 2. The largest absolute Gasteiger partial charge is 0.481 e. The predicted octanol–water partition coefficient (Wildman–Crippen LogP) is 2.02. The number of aromatic nitrogens is 2. The lowest BCUT2D eigenvalue weighted by molar-refractivity contribution is -0.127. The third-order valence-electron chi connectivity index (χ3n) is 3.77. The number of ether oxygens (including phenoxy) is 1. The molecule has 1 unspecified atom stereocenters. The highest BCUT2D eigenvalue weighted by atomic mass is 79.9. The van der Waals surface area contributed by atoms with Crippen molar-refractivity contribution in [2.24, 2.45) is 0 Å². The summed E-state index contributed by atoms with van der Waals surface area (Å²) in [5.74, 6) is 0.737. The molecule has 0 bridgehead atoms. The van der Waals surface area contributed by atoms with Crippen LogP contribution in [-0.4, -0.2) is 41.1 Å². The van der Waals surface area contributed by atoms with Crippen LogP contribution in [0.15, 0.2) is 33.3 Å². The first-order valence-corrected chi connectivity index (χ1v) is 9.14. The Bertz CT molecular complexity index is 791. The maximum Gasteiger partial charge on any atom is 0.315 e. The molecular formula is C17H19BrN4O4. The van der Waals surface area contributed by atoms with E-state index in [9.17, 15) is 9.59 Å². The summed E-state index contributed by atoms with van der Waals surface area (Å²) < 4.78 is 11.4. The summed E-state index contributed by atoms with van der Waals surface area (Å²) in [6.45, 7) is 2.17. The van der Waals surface area contributed by atoms with Crippen molar-refractivity contribution >= 4 is 27.7 Å². The van der Waals surface area contributed by atoms with E-state index in [-0.39, 0.29) is 24.9 Å². The molecule has 1 aromatic heterocycles. The van der Waals surface area contributed by atoms with E-state index in [4.69, 9.17) is 9.26 Å². The van der Waals surface area contributed by atoms with Crippen molar-refractivity contribution in [1.82, 2.24) is 20.8 Å². The number of rotatable bonds is 8. The van der Waals surface area contributed by atoms with E-state index in [1.54, 1.807) is 19.1 Å². The molecule has 0 radical (unpaired) electrons. The fraction of sp³-hybridized carbons (Fsp3) is 0.412. The number of benzene rings is 1. The van der Waals surface area contributed by atoms with Crippen LogP contribution in [0.5, 0.6) is 5.75 Å². The zero-order valence-corrected chi connectivity index (χ0v) is 15.8. The van der Waals surface area contributed by atoms with Gasteiger partial charge in [-0.3, -0.25) is 9.59 Å². The topological polar surface area (TPSA) is 106 Å². The highest BCUT2D eigenvalue weighted by Gasteiger charge is 2.29. The Hall–Kier alpha value is -2.42. The third kappa shape index (κ3) is 5.04. The van der Waals surface area contributed by atoms with Gasteiger partial charge in [0, 0.05) is 23.5 Å². The Morgan fingerprint density at radius 3 is 2.85 bits per heavy atom.